The van der Waals surface area contributed by atoms with E-state index in [0.29, 0.717) is 12.1 Å². The van der Waals surface area contributed by atoms with Gasteiger partial charge in [0, 0.05) is 18.8 Å². The zero-order chi connectivity index (χ0) is 14.1. The SMILES string of the molecule is NCC(n1cc(C(F)(F)F)ccc1=O)C(F)(F)F. The molecule has 0 saturated carbocycles. The number of nitrogens with two attached hydrogens (primary N) is 1. The lowest BCUT2D eigenvalue weighted by molar-refractivity contribution is -0.167. The van der Waals surface area contributed by atoms with Crippen molar-refractivity contribution in [2.75, 3.05) is 6.54 Å². The van der Waals surface area contributed by atoms with Gasteiger partial charge in [-0.3, -0.25) is 4.79 Å². The third-order valence-electron chi connectivity index (χ3n) is 2.20. The first-order valence-corrected chi connectivity index (χ1v) is 4.63. The Labute approximate surface area is 96.8 Å². The summed E-state index contributed by atoms with van der Waals surface area (Å²) < 4.78 is 74.4. The van der Waals surface area contributed by atoms with Crippen molar-refractivity contribution >= 4 is 0 Å². The molecule has 1 aromatic rings. The Morgan fingerprint density at radius 3 is 2.11 bits per heavy atom. The summed E-state index contributed by atoms with van der Waals surface area (Å²) in [6.07, 6.45) is -9.61. The van der Waals surface area contributed by atoms with Gasteiger partial charge in [0.1, 0.15) is 6.04 Å². The van der Waals surface area contributed by atoms with Crippen molar-refractivity contribution in [3.05, 3.63) is 34.2 Å². The molecule has 0 bridgehead atoms. The van der Waals surface area contributed by atoms with Crippen LogP contribution in [0.4, 0.5) is 26.3 Å². The molecule has 0 aliphatic heterocycles. The van der Waals surface area contributed by atoms with Gasteiger partial charge in [-0.2, -0.15) is 26.3 Å². The van der Waals surface area contributed by atoms with Gasteiger partial charge in [0.15, 0.2) is 0 Å². The molecule has 1 atom stereocenters. The van der Waals surface area contributed by atoms with Crippen LogP contribution in [0.1, 0.15) is 11.6 Å². The quantitative estimate of drug-likeness (QED) is 0.838. The predicted octanol–water partition coefficient (Wildman–Crippen LogP) is 1.93. The summed E-state index contributed by atoms with van der Waals surface area (Å²) in [5, 5.41) is 0. The van der Waals surface area contributed by atoms with Crippen LogP contribution in [0.2, 0.25) is 0 Å². The Kier molecular flexibility index (Phi) is 3.75. The lowest BCUT2D eigenvalue weighted by Crippen LogP contribution is -2.39. The van der Waals surface area contributed by atoms with E-state index in [1.54, 1.807) is 0 Å². The van der Waals surface area contributed by atoms with Crippen molar-refractivity contribution in [3.8, 4) is 0 Å². The van der Waals surface area contributed by atoms with Gasteiger partial charge in [-0.1, -0.05) is 0 Å². The van der Waals surface area contributed by atoms with Crippen LogP contribution in [0, 0.1) is 0 Å². The molecule has 0 fully saturated rings. The number of pyridine rings is 1. The van der Waals surface area contributed by atoms with Gasteiger partial charge < -0.3 is 10.3 Å². The van der Waals surface area contributed by atoms with E-state index in [9.17, 15) is 31.1 Å². The Balaban J connectivity index is 3.36. The number of rotatable bonds is 2. The summed E-state index contributed by atoms with van der Waals surface area (Å²) in [5.74, 6) is 0. The molecule has 1 rings (SSSR count). The minimum atomic E-state index is -4.90. The number of aromatic nitrogens is 1. The van der Waals surface area contributed by atoms with Crippen LogP contribution in [-0.4, -0.2) is 17.3 Å². The zero-order valence-corrected chi connectivity index (χ0v) is 8.72. The van der Waals surface area contributed by atoms with E-state index in [4.69, 9.17) is 5.73 Å². The molecule has 102 valence electrons. The molecule has 0 aromatic carbocycles. The normalized spacial score (nSPS) is 14.6. The number of hydrogen-bond donors (Lipinski definition) is 1. The van der Waals surface area contributed by atoms with Crippen molar-refractivity contribution in [1.29, 1.82) is 0 Å². The van der Waals surface area contributed by atoms with Gasteiger partial charge in [-0.25, -0.2) is 0 Å². The predicted molar refractivity (Wildman–Crippen MR) is 49.9 cm³/mol. The smallest absolute Gasteiger partial charge is 0.328 e. The lowest BCUT2D eigenvalue weighted by Gasteiger charge is -2.21. The minimum absolute atomic E-state index is 0.0528. The second-order valence-corrected chi connectivity index (χ2v) is 3.45. The summed E-state index contributed by atoms with van der Waals surface area (Å²) >= 11 is 0. The maximum atomic E-state index is 12.5. The summed E-state index contributed by atoms with van der Waals surface area (Å²) in [7, 11) is 0. The molecule has 18 heavy (non-hydrogen) atoms. The molecule has 0 saturated heterocycles. The molecule has 0 aliphatic rings. The van der Waals surface area contributed by atoms with Crippen molar-refractivity contribution in [3.63, 3.8) is 0 Å². The lowest BCUT2D eigenvalue weighted by atomic mass is 10.2. The van der Waals surface area contributed by atoms with Crippen LogP contribution in [0.15, 0.2) is 23.1 Å². The Bertz CT molecular complexity index is 475. The number of nitrogens with zero attached hydrogens (tertiary/aromatic N) is 1. The molecule has 0 spiro atoms. The second-order valence-electron chi connectivity index (χ2n) is 3.45. The Hall–Kier alpha value is -1.51. The summed E-state index contributed by atoms with van der Waals surface area (Å²) in [6, 6.07) is -1.63. The average molecular weight is 274 g/mol. The van der Waals surface area contributed by atoms with Gasteiger partial charge in [0.05, 0.1) is 5.56 Å². The molecule has 3 nitrogen and oxygen atoms in total. The molecule has 9 heteroatoms. The van der Waals surface area contributed by atoms with Crippen LogP contribution < -0.4 is 11.3 Å². The number of hydrogen-bond acceptors (Lipinski definition) is 2. The van der Waals surface area contributed by atoms with E-state index in [1.165, 1.54) is 0 Å². The molecule has 0 radical (unpaired) electrons. The zero-order valence-electron chi connectivity index (χ0n) is 8.72. The van der Waals surface area contributed by atoms with Gasteiger partial charge in [-0.05, 0) is 6.07 Å². The largest absolute Gasteiger partial charge is 0.417 e. The van der Waals surface area contributed by atoms with Crippen LogP contribution in [0.5, 0.6) is 0 Å². The maximum Gasteiger partial charge on any atom is 0.417 e. The molecular weight excluding hydrogens is 266 g/mol. The monoisotopic (exact) mass is 274 g/mol. The highest BCUT2D eigenvalue weighted by Crippen LogP contribution is 2.32. The molecule has 1 aromatic heterocycles. The van der Waals surface area contributed by atoms with Crippen molar-refractivity contribution < 1.29 is 26.3 Å². The second kappa shape index (κ2) is 4.63. The van der Waals surface area contributed by atoms with E-state index in [-0.39, 0.29) is 10.8 Å². The van der Waals surface area contributed by atoms with Gasteiger partial charge >= 0.3 is 12.4 Å². The molecule has 1 unspecified atom stereocenters. The van der Waals surface area contributed by atoms with E-state index in [1.807, 2.05) is 0 Å². The Morgan fingerprint density at radius 1 is 1.17 bits per heavy atom. The van der Waals surface area contributed by atoms with Crippen LogP contribution >= 0.6 is 0 Å². The standard InChI is InChI=1S/C9H8F6N2O/c10-8(11,12)5-1-2-7(18)17(4-5)6(3-16)9(13,14)15/h1-2,4,6H,3,16H2. The fourth-order valence-corrected chi connectivity index (χ4v) is 1.32. The highest BCUT2D eigenvalue weighted by atomic mass is 19.4. The maximum absolute atomic E-state index is 12.5. The molecule has 0 amide bonds. The minimum Gasteiger partial charge on any atom is -0.328 e. The van der Waals surface area contributed by atoms with E-state index < -0.39 is 36.1 Å². The summed E-state index contributed by atoms with van der Waals surface area (Å²) in [5.41, 5.74) is 2.32. The van der Waals surface area contributed by atoms with Gasteiger partial charge in [0.2, 0.25) is 0 Å². The van der Waals surface area contributed by atoms with Crippen molar-refractivity contribution in [2.24, 2.45) is 5.73 Å². The number of halogens is 6. The first kappa shape index (κ1) is 14.6. The summed E-state index contributed by atoms with van der Waals surface area (Å²) in [4.78, 5) is 11.2. The van der Waals surface area contributed by atoms with E-state index in [2.05, 4.69) is 0 Å². The topological polar surface area (TPSA) is 48.0 Å². The fourth-order valence-electron chi connectivity index (χ4n) is 1.32. The highest BCUT2D eigenvalue weighted by molar-refractivity contribution is 5.14. The van der Waals surface area contributed by atoms with Crippen LogP contribution in [0.3, 0.4) is 0 Å². The van der Waals surface area contributed by atoms with Crippen LogP contribution in [-0.2, 0) is 6.18 Å². The first-order valence-electron chi connectivity index (χ1n) is 4.63. The number of alkyl halides is 6. The molecule has 2 N–H and O–H groups in total. The average Bonchev–Trinajstić information content (AvgIpc) is 2.18. The molecule has 1 heterocycles. The van der Waals surface area contributed by atoms with Crippen LogP contribution in [0.25, 0.3) is 0 Å². The third-order valence-corrected chi connectivity index (χ3v) is 2.20. The molecular formula is C9H8F6N2O. The van der Waals surface area contributed by atoms with E-state index in [0.717, 1.165) is 0 Å². The fraction of sp³-hybridized carbons (Fsp3) is 0.444. The van der Waals surface area contributed by atoms with Gasteiger partial charge in [-0.15, -0.1) is 0 Å². The van der Waals surface area contributed by atoms with Gasteiger partial charge in [0.25, 0.3) is 5.56 Å². The first-order chi connectivity index (χ1) is 8.07. The third kappa shape index (κ3) is 3.03. The summed E-state index contributed by atoms with van der Waals surface area (Å²) in [6.45, 7) is -1.02. The Morgan fingerprint density at radius 2 is 1.72 bits per heavy atom. The molecule has 0 aliphatic carbocycles. The highest BCUT2D eigenvalue weighted by Gasteiger charge is 2.41. The van der Waals surface area contributed by atoms with Crippen molar-refractivity contribution in [1.82, 2.24) is 4.57 Å². The van der Waals surface area contributed by atoms with Crippen molar-refractivity contribution in [2.45, 2.75) is 18.4 Å². The van der Waals surface area contributed by atoms with E-state index >= 15 is 0 Å².